The van der Waals surface area contributed by atoms with Crippen LogP contribution in [-0.2, 0) is 23.8 Å². The lowest BCUT2D eigenvalue weighted by molar-refractivity contribution is -0.143. The molecule has 0 aromatic rings. The number of carbonyl (C=O) groups is 1. The fourth-order valence-corrected chi connectivity index (χ4v) is 1.24. The van der Waals surface area contributed by atoms with Gasteiger partial charge >= 0.3 is 6.09 Å². The van der Waals surface area contributed by atoms with Gasteiger partial charge in [0, 0.05) is 13.6 Å². The number of nitrogens with zero attached hydrogens (tertiary/aromatic N) is 1. The van der Waals surface area contributed by atoms with E-state index >= 15 is 0 Å². The average Bonchev–Trinajstić information content (AvgIpc) is 2.42. The summed E-state index contributed by atoms with van der Waals surface area (Å²) in [6.45, 7) is 9.04. The van der Waals surface area contributed by atoms with Crippen molar-refractivity contribution in [3.8, 4) is 0 Å². The number of hydroxylamine groups is 2. The summed E-state index contributed by atoms with van der Waals surface area (Å²) in [5.41, 5.74) is 4.73. The van der Waals surface area contributed by atoms with Gasteiger partial charge in [0.25, 0.3) is 0 Å². The molecule has 0 atom stereocenters. The number of hydrogen-bond donors (Lipinski definition) is 1. The van der Waals surface area contributed by atoms with Crippen LogP contribution in [-0.4, -0.2) is 76.6 Å². The zero-order valence-electron chi connectivity index (χ0n) is 14.1. The highest BCUT2D eigenvalue weighted by molar-refractivity contribution is 5.66. The second kappa shape index (κ2) is 12.6. The summed E-state index contributed by atoms with van der Waals surface area (Å²) >= 11 is 0. The molecule has 0 aromatic heterocycles. The number of nitrogens with two attached hydrogens (primary N) is 1. The lowest BCUT2D eigenvalue weighted by atomic mass is 10.2. The maximum Gasteiger partial charge on any atom is 0.434 e. The van der Waals surface area contributed by atoms with E-state index in [4.69, 9.17) is 29.5 Å². The first-order chi connectivity index (χ1) is 10.4. The van der Waals surface area contributed by atoms with E-state index in [1.165, 1.54) is 7.05 Å². The Morgan fingerprint density at radius 3 is 1.82 bits per heavy atom. The summed E-state index contributed by atoms with van der Waals surface area (Å²) in [6, 6.07) is 0. The Morgan fingerprint density at radius 1 is 0.909 bits per heavy atom. The minimum Gasteiger partial charge on any atom is -0.442 e. The molecule has 0 bridgehead atoms. The lowest BCUT2D eigenvalue weighted by Gasteiger charge is -2.23. The number of carbonyl (C=O) groups excluding carboxylic acids is 1. The SMILES string of the molecule is CN(OCCOCCOCCOCCN)C(=O)OC(C)(C)C. The topological polar surface area (TPSA) is 92.5 Å². The summed E-state index contributed by atoms with van der Waals surface area (Å²) in [6.07, 6.45) is -0.534. The zero-order chi connectivity index (χ0) is 16.8. The normalized spacial score (nSPS) is 11.5. The van der Waals surface area contributed by atoms with Crippen molar-refractivity contribution >= 4 is 6.09 Å². The molecule has 8 heteroatoms. The maximum absolute atomic E-state index is 11.6. The van der Waals surface area contributed by atoms with Crippen LogP contribution in [0.25, 0.3) is 0 Å². The molecular formula is C14H30N2O6. The standard InChI is InChI=1S/C14H30N2O6/c1-14(2,3)22-13(17)16(4)21-12-11-20-10-9-19-8-7-18-6-5-15/h5-12,15H2,1-4H3. The van der Waals surface area contributed by atoms with Gasteiger partial charge in [0.05, 0.1) is 46.2 Å². The molecule has 1 amide bonds. The van der Waals surface area contributed by atoms with Gasteiger partial charge in [0.15, 0.2) is 0 Å². The quantitative estimate of drug-likeness (QED) is 0.419. The van der Waals surface area contributed by atoms with E-state index in [9.17, 15) is 4.79 Å². The Balaban J connectivity index is 3.37. The zero-order valence-corrected chi connectivity index (χ0v) is 14.1. The van der Waals surface area contributed by atoms with Crippen molar-refractivity contribution in [3.05, 3.63) is 0 Å². The minimum atomic E-state index is -0.545. The van der Waals surface area contributed by atoms with E-state index in [-0.39, 0.29) is 6.61 Å². The van der Waals surface area contributed by atoms with Gasteiger partial charge in [-0.1, -0.05) is 0 Å². The molecule has 0 saturated heterocycles. The first-order valence-electron chi connectivity index (χ1n) is 7.39. The van der Waals surface area contributed by atoms with Gasteiger partial charge in [-0.2, -0.15) is 5.06 Å². The van der Waals surface area contributed by atoms with Crippen molar-refractivity contribution in [2.75, 3.05) is 59.8 Å². The van der Waals surface area contributed by atoms with E-state index in [2.05, 4.69) is 0 Å². The van der Waals surface area contributed by atoms with Crippen molar-refractivity contribution < 1.29 is 28.6 Å². The molecule has 22 heavy (non-hydrogen) atoms. The Morgan fingerprint density at radius 2 is 1.36 bits per heavy atom. The summed E-state index contributed by atoms with van der Waals surface area (Å²) < 4.78 is 20.9. The third-order valence-electron chi connectivity index (χ3n) is 2.17. The molecule has 0 unspecified atom stereocenters. The minimum absolute atomic E-state index is 0.259. The Labute approximate surface area is 132 Å². The van der Waals surface area contributed by atoms with Gasteiger partial charge in [0.1, 0.15) is 5.60 Å². The fraction of sp³-hybridized carbons (Fsp3) is 0.929. The molecule has 0 aliphatic carbocycles. The third-order valence-corrected chi connectivity index (χ3v) is 2.17. The number of ether oxygens (including phenoxy) is 4. The molecule has 8 nitrogen and oxygen atoms in total. The van der Waals surface area contributed by atoms with E-state index < -0.39 is 11.7 Å². The van der Waals surface area contributed by atoms with Crippen LogP contribution < -0.4 is 5.73 Å². The molecule has 0 rings (SSSR count). The van der Waals surface area contributed by atoms with Crippen LogP contribution >= 0.6 is 0 Å². The molecule has 0 spiro atoms. The Bertz CT molecular complexity index is 283. The molecule has 0 aliphatic rings. The van der Waals surface area contributed by atoms with Crippen LogP contribution in [0.2, 0.25) is 0 Å². The largest absolute Gasteiger partial charge is 0.442 e. The van der Waals surface area contributed by atoms with E-state index in [1.54, 1.807) is 20.8 Å². The second-order valence-electron chi connectivity index (χ2n) is 5.44. The van der Waals surface area contributed by atoms with Gasteiger partial charge in [-0.05, 0) is 20.8 Å². The van der Waals surface area contributed by atoms with E-state index in [1.807, 2.05) is 0 Å². The van der Waals surface area contributed by atoms with Gasteiger partial charge in [-0.3, -0.25) is 4.84 Å². The second-order valence-corrected chi connectivity index (χ2v) is 5.44. The summed E-state index contributed by atoms with van der Waals surface area (Å²) in [7, 11) is 1.50. The smallest absolute Gasteiger partial charge is 0.434 e. The van der Waals surface area contributed by atoms with Gasteiger partial charge in [0.2, 0.25) is 0 Å². The first kappa shape index (κ1) is 21.1. The molecule has 0 saturated carbocycles. The number of hydrogen-bond acceptors (Lipinski definition) is 7. The summed E-state index contributed by atoms with van der Waals surface area (Å²) in [4.78, 5) is 16.8. The molecule has 0 aromatic carbocycles. The van der Waals surface area contributed by atoms with Crippen LogP contribution in [0.5, 0.6) is 0 Å². The number of amides is 1. The van der Waals surface area contributed by atoms with Crippen molar-refractivity contribution in [2.24, 2.45) is 5.73 Å². The first-order valence-corrected chi connectivity index (χ1v) is 7.39. The fourth-order valence-electron chi connectivity index (χ4n) is 1.24. The van der Waals surface area contributed by atoms with Crippen LogP contribution in [0.4, 0.5) is 4.79 Å². The van der Waals surface area contributed by atoms with Crippen molar-refractivity contribution in [3.63, 3.8) is 0 Å². The van der Waals surface area contributed by atoms with Crippen LogP contribution in [0.3, 0.4) is 0 Å². The molecule has 0 fully saturated rings. The molecule has 132 valence electrons. The molecule has 0 heterocycles. The third kappa shape index (κ3) is 14.0. The predicted octanol–water partition coefficient (Wildman–Crippen LogP) is 0.793. The Kier molecular flexibility index (Phi) is 12.1. The van der Waals surface area contributed by atoms with Gasteiger partial charge in [-0.15, -0.1) is 0 Å². The van der Waals surface area contributed by atoms with Gasteiger partial charge in [-0.25, -0.2) is 4.79 Å². The molecule has 0 aliphatic heterocycles. The lowest BCUT2D eigenvalue weighted by Crippen LogP contribution is -2.35. The highest BCUT2D eigenvalue weighted by atomic mass is 16.7. The highest BCUT2D eigenvalue weighted by Crippen LogP contribution is 2.08. The van der Waals surface area contributed by atoms with Crippen molar-refractivity contribution in [1.82, 2.24) is 5.06 Å². The summed E-state index contributed by atoms with van der Waals surface area (Å²) in [5.74, 6) is 0. The van der Waals surface area contributed by atoms with E-state index in [0.29, 0.717) is 46.2 Å². The van der Waals surface area contributed by atoms with Crippen LogP contribution in [0.1, 0.15) is 20.8 Å². The van der Waals surface area contributed by atoms with Crippen molar-refractivity contribution in [1.29, 1.82) is 0 Å². The maximum atomic E-state index is 11.6. The van der Waals surface area contributed by atoms with Crippen molar-refractivity contribution in [2.45, 2.75) is 26.4 Å². The van der Waals surface area contributed by atoms with Crippen LogP contribution in [0.15, 0.2) is 0 Å². The Hall–Kier alpha value is -0.930. The average molecular weight is 322 g/mol. The van der Waals surface area contributed by atoms with Crippen LogP contribution in [0, 0.1) is 0 Å². The molecule has 2 N–H and O–H groups in total. The van der Waals surface area contributed by atoms with E-state index in [0.717, 1.165) is 5.06 Å². The highest BCUT2D eigenvalue weighted by Gasteiger charge is 2.19. The monoisotopic (exact) mass is 322 g/mol. The number of rotatable bonds is 12. The predicted molar refractivity (Wildman–Crippen MR) is 81.5 cm³/mol. The van der Waals surface area contributed by atoms with Gasteiger partial charge < -0.3 is 24.7 Å². The molecular weight excluding hydrogens is 292 g/mol. The summed E-state index contributed by atoms with van der Waals surface area (Å²) in [5, 5.41) is 1.06. The molecule has 0 radical (unpaired) electrons.